The van der Waals surface area contributed by atoms with E-state index in [1.54, 1.807) is 12.1 Å². The fraction of sp³-hybridized carbons (Fsp3) is 0.188. The van der Waals surface area contributed by atoms with Crippen LogP contribution in [0.15, 0.2) is 36.5 Å². The van der Waals surface area contributed by atoms with Gasteiger partial charge in [0.05, 0.1) is 11.7 Å². The van der Waals surface area contributed by atoms with Crippen molar-refractivity contribution >= 4 is 29.2 Å². The summed E-state index contributed by atoms with van der Waals surface area (Å²) >= 11 is 5.94. The van der Waals surface area contributed by atoms with Gasteiger partial charge in [0.15, 0.2) is 0 Å². The van der Waals surface area contributed by atoms with Gasteiger partial charge in [-0.2, -0.15) is 0 Å². The minimum atomic E-state index is -1.17. The molecule has 7 heteroatoms. The van der Waals surface area contributed by atoms with E-state index in [-0.39, 0.29) is 17.4 Å². The predicted octanol–water partition coefficient (Wildman–Crippen LogP) is 3.47. The number of halogens is 1. The lowest BCUT2D eigenvalue weighted by Crippen LogP contribution is -2.16. The average molecular weight is 335 g/mol. The van der Waals surface area contributed by atoms with Gasteiger partial charge in [-0.1, -0.05) is 11.6 Å². The molecular formula is C16H15ClN2O4. The summed E-state index contributed by atoms with van der Waals surface area (Å²) in [4.78, 5) is 27.0. The molecule has 0 saturated carbocycles. The van der Waals surface area contributed by atoms with Gasteiger partial charge in [-0.15, -0.1) is 0 Å². The van der Waals surface area contributed by atoms with Crippen LogP contribution in [-0.4, -0.2) is 28.1 Å². The number of carbonyl (C=O) groups is 2. The summed E-state index contributed by atoms with van der Waals surface area (Å²) in [5.74, 6) is -1.23. The highest BCUT2D eigenvalue weighted by Gasteiger charge is 2.15. The number of amides is 1. The van der Waals surface area contributed by atoms with Crippen LogP contribution in [-0.2, 0) is 0 Å². The average Bonchev–Trinajstić information content (AvgIpc) is 2.48. The van der Waals surface area contributed by atoms with E-state index in [0.717, 1.165) is 0 Å². The molecule has 1 aromatic heterocycles. The lowest BCUT2D eigenvalue weighted by atomic mass is 10.1. The molecule has 1 aromatic carbocycles. The Balaban J connectivity index is 2.28. The van der Waals surface area contributed by atoms with Crippen molar-refractivity contribution in [1.29, 1.82) is 0 Å². The highest BCUT2D eigenvalue weighted by molar-refractivity contribution is 6.31. The summed E-state index contributed by atoms with van der Waals surface area (Å²) in [6.07, 6.45) is 1.20. The quantitative estimate of drug-likeness (QED) is 0.874. The number of aromatic nitrogens is 1. The molecule has 0 bridgehead atoms. The minimum Gasteiger partial charge on any atom is -0.490 e. The first-order valence-electron chi connectivity index (χ1n) is 6.83. The van der Waals surface area contributed by atoms with E-state index in [1.165, 1.54) is 24.4 Å². The number of aromatic carboxylic acids is 1. The van der Waals surface area contributed by atoms with E-state index >= 15 is 0 Å². The lowest BCUT2D eigenvalue weighted by molar-refractivity contribution is 0.0690. The van der Waals surface area contributed by atoms with Crippen molar-refractivity contribution in [2.75, 3.05) is 5.32 Å². The third-order valence-corrected chi connectivity index (χ3v) is 3.02. The number of carboxylic acid groups (broad SMARTS) is 1. The molecule has 0 aliphatic rings. The van der Waals surface area contributed by atoms with Gasteiger partial charge in [-0.05, 0) is 44.2 Å². The number of nitrogens with zero attached hydrogens (tertiary/aromatic N) is 1. The summed E-state index contributed by atoms with van der Waals surface area (Å²) in [5, 5.41) is 11.9. The van der Waals surface area contributed by atoms with Gasteiger partial charge in [-0.25, -0.2) is 9.78 Å². The molecule has 1 amide bonds. The zero-order valence-corrected chi connectivity index (χ0v) is 13.3. The first-order valence-corrected chi connectivity index (χ1v) is 7.21. The summed E-state index contributed by atoms with van der Waals surface area (Å²) in [7, 11) is 0. The predicted molar refractivity (Wildman–Crippen MR) is 86.4 cm³/mol. The molecule has 1 heterocycles. The molecule has 0 saturated heterocycles. The van der Waals surface area contributed by atoms with Crippen molar-refractivity contribution in [3.8, 4) is 5.75 Å². The van der Waals surface area contributed by atoms with Crippen LogP contribution < -0.4 is 10.1 Å². The molecular weight excluding hydrogens is 320 g/mol. The first-order chi connectivity index (χ1) is 10.9. The maximum Gasteiger partial charge on any atom is 0.354 e. The Morgan fingerprint density at radius 2 is 2.00 bits per heavy atom. The van der Waals surface area contributed by atoms with Crippen molar-refractivity contribution < 1.29 is 19.4 Å². The third kappa shape index (κ3) is 4.43. The second kappa shape index (κ2) is 7.11. The Kier molecular flexibility index (Phi) is 5.18. The van der Waals surface area contributed by atoms with E-state index in [9.17, 15) is 9.59 Å². The fourth-order valence-corrected chi connectivity index (χ4v) is 2.03. The minimum absolute atomic E-state index is 0.109. The summed E-state index contributed by atoms with van der Waals surface area (Å²) in [6.45, 7) is 3.69. The van der Waals surface area contributed by atoms with E-state index in [0.29, 0.717) is 16.5 Å². The number of carboxylic acids is 1. The van der Waals surface area contributed by atoms with Gasteiger partial charge in [0.25, 0.3) is 5.91 Å². The first kappa shape index (κ1) is 16.8. The molecule has 0 aliphatic carbocycles. The van der Waals surface area contributed by atoms with E-state index in [1.807, 2.05) is 13.8 Å². The molecule has 0 aliphatic heterocycles. The van der Waals surface area contributed by atoms with E-state index < -0.39 is 11.9 Å². The molecule has 0 fully saturated rings. The summed E-state index contributed by atoms with van der Waals surface area (Å²) in [6, 6.07) is 7.51. The van der Waals surface area contributed by atoms with Crippen LogP contribution in [0.25, 0.3) is 0 Å². The largest absolute Gasteiger partial charge is 0.490 e. The zero-order chi connectivity index (χ0) is 17.0. The Hall–Kier alpha value is -2.60. The molecule has 23 heavy (non-hydrogen) atoms. The van der Waals surface area contributed by atoms with Gasteiger partial charge in [-0.3, -0.25) is 4.79 Å². The number of rotatable bonds is 5. The van der Waals surface area contributed by atoms with Crippen molar-refractivity contribution in [3.05, 3.63) is 52.8 Å². The normalized spacial score (nSPS) is 10.4. The monoisotopic (exact) mass is 334 g/mol. The molecule has 0 atom stereocenters. The topological polar surface area (TPSA) is 88.5 Å². The van der Waals surface area contributed by atoms with Crippen LogP contribution in [0.4, 0.5) is 5.69 Å². The number of nitrogens with one attached hydrogen (secondary N) is 1. The van der Waals surface area contributed by atoms with Crippen molar-refractivity contribution in [3.63, 3.8) is 0 Å². The molecule has 0 radical (unpaired) electrons. The van der Waals surface area contributed by atoms with Crippen molar-refractivity contribution in [2.24, 2.45) is 0 Å². The van der Waals surface area contributed by atoms with Gasteiger partial charge < -0.3 is 15.2 Å². The number of ether oxygens (including phenoxy) is 1. The Morgan fingerprint density at radius 1 is 1.26 bits per heavy atom. The smallest absolute Gasteiger partial charge is 0.354 e. The summed E-state index contributed by atoms with van der Waals surface area (Å²) in [5.41, 5.74) is 0.422. The van der Waals surface area contributed by atoms with Crippen LogP contribution in [0.3, 0.4) is 0 Å². The van der Waals surface area contributed by atoms with Gasteiger partial charge in [0, 0.05) is 16.9 Å². The van der Waals surface area contributed by atoms with Gasteiger partial charge in [0.1, 0.15) is 11.4 Å². The van der Waals surface area contributed by atoms with E-state index in [4.69, 9.17) is 21.4 Å². The van der Waals surface area contributed by atoms with E-state index in [2.05, 4.69) is 10.3 Å². The second-order valence-corrected chi connectivity index (χ2v) is 5.43. The Bertz CT molecular complexity index is 747. The highest BCUT2D eigenvalue weighted by atomic mass is 35.5. The molecule has 0 spiro atoms. The number of hydrogen-bond donors (Lipinski definition) is 2. The van der Waals surface area contributed by atoms with Crippen molar-refractivity contribution in [1.82, 2.24) is 4.98 Å². The van der Waals surface area contributed by atoms with Crippen LogP contribution in [0.5, 0.6) is 5.75 Å². The number of pyridine rings is 1. The fourth-order valence-electron chi connectivity index (χ4n) is 1.86. The van der Waals surface area contributed by atoms with Crippen LogP contribution >= 0.6 is 11.6 Å². The van der Waals surface area contributed by atoms with Crippen LogP contribution in [0.2, 0.25) is 5.02 Å². The Labute approximate surface area is 138 Å². The van der Waals surface area contributed by atoms with Gasteiger partial charge in [0.2, 0.25) is 0 Å². The van der Waals surface area contributed by atoms with Crippen molar-refractivity contribution in [2.45, 2.75) is 20.0 Å². The molecule has 2 rings (SSSR count). The maximum atomic E-state index is 12.4. The number of carbonyl (C=O) groups excluding carboxylic acids is 1. The third-order valence-electron chi connectivity index (χ3n) is 2.79. The molecule has 0 unspecified atom stereocenters. The lowest BCUT2D eigenvalue weighted by Gasteiger charge is -2.14. The zero-order valence-electron chi connectivity index (χ0n) is 12.5. The van der Waals surface area contributed by atoms with Gasteiger partial charge >= 0.3 is 5.97 Å². The molecule has 2 aromatic rings. The highest BCUT2D eigenvalue weighted by Crippen LogP contribution is 2.25. The van der Waals surface area contributed by atoms with Crippen LogP contribution in [0, 0.1) is 0 Å². The standard InChI is InChI=1S/C16H15ClN2O4/c1-9(2)23-14-4-3-10(17)7-12(14)15(20)19-11-5-6-18-13(8-11)16(21)22/h3-9H,1-2H3,(H,21,22)(H,18,19,20). The molecule has 2 N–H and O–H groups in total. The molecule has 6 nitrogen and oxygen atoms in total. The SMILES string of the molecule is CC(C)Oc1ccc(Cl)cc1C(=O)Nc1ccnc(C(=O)O)c1. The number of benzene rings is 1. The maximum absolute atomic E-state index is 12.4. The number of anilines is 1. The Morgan fingerprint density at radius 3 is 2.65 bits per heavy atom. The van der Waals surface area contributed by atoms with Crippen LogP contribution in [0.1, 0.15) is 34.7 Å². The summed E-state index contributed by atoms with van der Waals surface area (Å²) < 4.78 is 5.60. The number of hydrogen-bond acceptors (Lipinski definition) is 4. The molecule has 120 valence electrons. The second-order valence-electron chi connectivity index (χ2n) is 5.00.